The van der Waals surface area contributed by atoms with E-state index in [2.05, 4.69) is 17.2 Å². The Kier molecular flexibility index (Phi) is 5.33. The largest absolute Gasteiger partial charge is 0.446 e. The first-order valence-corrected chi connectivity index (χ1v) is 7.53. The van der Waals surface area contributed by atoms with Crippen molar-refractivity contribution in [2.45, 2.75) is 32.7 Å². The van der Waals surface area contributed by atoms with E-state index < -0.39 is 0 Å². The van der Waals surface area contributed by atoms with Gasteiger partial charge in [0.1, 0.15) is 6.26 Å². The number of carbonyl (C=O) groups is 1. The van der Waals surface area contributed by atoms with Crippen molar-refractivity contribution in [3.05, 3.63) is 53.7 Å². The lowest BCUT2D eigenvalue weighted by Crippen LogP contribution is -2.28. The van der Waals surface area contributed by atoms with Gasteiger partial charge in [0.25, 0.3) is 5.91 Å². The molecule has 5 heteroatoms. The SMILES string of the molecule is CC(CNC(=O)c1coc(C(N)C(C)C)n1)c1ccccc1. The Morgan fingerprint density at radius 1 is 1.27 bits per heavy atom. The third-order valence-corrected chi connectivity index (χ3v) is 3.70. The van der Waals surface area contributed by atoms with E-state index >= 15 is 0 Å². The van der Waals surface area contributed by atoms with Crippen LogP contribution >= 0.6 is 0 Å². The van der Waals surface area contributed by atoms with Crippen LogP contribution in [0.15, 0.2) is 41.0 Å². The van der Waals surface area contributed by atoms with Crippen molar-refractivity contribution in [3.63, 3.8) is 0 Å². The molecule has 1 heterocycles. The molecule has 2 atom stereocenters. The number of nitrogens with two attached hydrogens (primary N) is 1. The maximum Gasteiger partial charge on any atom is 0.273 e. The zero-order chi connectivity index (χ0) is 16.1. The predicted octanol–water partition coefficient (Wildman–Crippen LogP) is 2.86. The van der Waals surface area contributed by atoms with Gasteiger partial charge in [-0.1, -0.05) is 51.1 Å². The average molecular weight is 301 g/mol. The van der Waals surface area contributed by atoms with Crippen molar-refractivity contribution < 1.29 is 9.21 Å². The minimum Gasteiger partial charge on any atom is -0.446 e. The van der Waals surface area contributed by atoms with Crippen LogP contribution < -0.4 is 11.1 Å². The van der Waals surface area contributed by atoms with E-state index in [0.29, 0.717) is 12.4 Å². The van der Waals surface area contributed by atoms with Crippen LogP contribution in [-0.2, 0) is 0 Å². The van der Waals surface area contributed by atoms with E-state index in [1.807, 2.05) is 44.2 Å². The van der Waals surface area contributed by atoms with Crippen LogP contribution in [-0.4, -0.2) is 17.4 Å². The maximum atomic E-state index is 12.1. The van der Waals surface area contributed by atoms with Gasteiger partial charge in [-0.25, -0.2) is 4.98 Å². The monoisotopic (exact) mass is 301 g/mol. The van der Waals surface area contributed by atoms with Gasteiger partial charge < -0.3 is 15.5 Å². The van der Waals surface area contributed by atoms with Gasteiger partial charge in [0.05, 0.1) is 6.04 Å². The molecule has 0 radical (unpaired) electrons. The highest BCUT2D eigenvalue weighted by Gasteiger charge is 2.19. The summed E-state index contributed by atoms with van der Waals surface area (Å²) >= 11 is 0. The van der Waals surface area contributed by atoms with E-state index in [4.69, 9.17) is 10.2 Å². The number of nitrogens with zero attached hydrogens (tertiary/aromatic N) is 1. The van der Waals surface area contributed by atoms with E-state index in [1.54, 1.807) is 0 Å². The summed E-state index contributed by atoms with van der Waals surface area (Å²) in [5.41, 5.74) is 7.42. The Bertz CT molecular complexity index is 607. The highest BCUT2D eigenvalue weighted by Crippen LogP contribution is 2.18. The van der Waals surface area contributed by atoms with Crippen LogP contribution in [0.1, 0.15) is 54.7 Å². The second-order valence-electron chi connectivity index (χ2n) is 5.86. The van der Waals surface area contributed by atoms with Gasteiger partial charge in [-0.3, -0.25) is 4.79 Å². The third-order valence-electron chi connectivity index (χ3n) is 3.70. The molecule has 2 rings (SSSR count). The van der Waals surface area contributed by atoms with Gasteiger partial charge in [0.2, 0.25) is 5.89 Å². The molecule has 1 amide bonds. The summed E-state index contributed by atoms with van der Waals surface area (Å²) in [5, 5.41) is 2.88. The summed E-state index contributed by atoms with van der Waals surface area (Å²) in [6, 6.07) is 9.75. The average Bonchev–Trinajstić information content (AvgIpc) is 3.02. The van der Waals surface area contributed by atoms with Gasteiger partial charge in [-0.05, 0) is 17.4 Å². The van der Waals surface area contributed by atoms with Gasteiger partial charge in [0.15, 0.2) is 5.69 Å². The number of rotatable bonds is 6. The molecule has 5 nitrogen and oxygen atoms in total. The Morgan fingerprint density at radius 3 is 2.59 bits per heavy atom. The standard InChI is InChI=1S/C17H23N3O2/c1-11(2)15(18)17-20-14(10-22-17)16(21)19-9-12(3)13-7-5-4-6-8-13/h4-8,10-12,15H,9,18H2,1-3H3,(H,19,21). The second-order valence-corrected chi connectivity index (χ2v) is 5.86. The summed E-state index contributed by atoms with van der Waals surface area (Å²) in [4.78, 5) is 16.3. The van der Waals surface area contributed by atoms with Crippen LogP contribution in [0.4, 0.5) is 0 Å². The molecule has 1 aromatic heterocycles. The molecule has 1 aromatic carbocycles. The first-order valence-electron chi connectivity index (χ1n) is 7.53. The van der Waals surface area contributed by atoms with Crippen molar-refractivity contribution >= 4 is 5.91 Å². The molecular formula is C17H23N3O2. The highest BCUT2D eigenvalue weighted by atomic mass is 16.3. The number of benzene rings is 1. The smallest absolute Gasteiger partial charge is 0.273 e. The first-order chi connectivity index (χ1) is 10.5. The molecule has 2 aromatic rings. The zero-order valence-electron chi connectivity index (χ0n) is 13.2. The maximum absolute atomic E-state index is 12.1. The molecule has 0 spiro atoms. The first kappa shape index (κ1) is 16.2. The number of hydrogen-bond donors (Lipinski definition) is 2. The molecule has 0 saturated heterocycles. The number of amides is 1. The molecule has 0 saturated carbocycles. The lowest BCUT2D eigenvalue weighted by Gasteiger charge is -2.12. The molecule has 2 unspecified atom stereocenters. The summed E-state index contributed by atoms with van der Waals surface area (Å²) < 4.78 is 5.30. The molecule has 0 aliphatic heterocycles. The Morgan fingerprint density at radius 2 is 1.95 bits per heavy atom. The fraction of sp³-hybridized carbons (Fsp3) is 0.412. The van der Waals surface area contributed by atoms with Crippen molar-refractivity contribution in [1.29, 1.82) is 0 Å². The zero-order valence-corrected chi connectivity index (χ0v) is 13.2. The van der Waals surface area contributed by atoms with Crippen LogP contribution in [0.5, 0.6) is 0 Å². The van der Waals surface area contributed by atoms with Crippen LogP contribution in [0.2, 0.25) is 0 Å². The Labute approximate surface area is 130 Å². The molecule has 118 valence electrons. The molecule has 22 heavy (non-hydrogen) atoms. The summed E-state index contributed by atoms with van der Waals surface area (Å²) in [5.74, 6) is 0.590. The lowest BCUT2D eigenvalue weighted by molar-refractivity contribution is 0.0946. The Balaban J connectivity index is 1.93. The van der Waals surface area contributed by atoms with Gasteiger partial charge >= 0.3 is 0 Å². The van der Waals surface area contributed by atoms with Gasteiger partial charge in [0, 0.05) is 6.54 Å². The minimum absolute atomic E-state index is 0.202. The van der Waals surface area contributed by atoms with Crippen molar-refractivity contribution in [2.75, 3.05) is 6.54 Å². The van der Waals surface area contributed by atoms with Crippen molar-refractivity contribution in [2.24, 2.45) is 11.7 Å². The predicted molar refractivity (Wildman–Crippen MR) is 85.5 cm³/mol. The number of aromatic nitrogens is 1. The quantitative estimate of drug-likeness (QED) is 0.859. The molecular weight excluding hydrogens is 278 g/mol. The molecule has 3 N–H and O–H groups in total. The fourth-order valence-corrected chi connectivity index (χ4v) is 2.07. The topological polar surface area (TPSA) is 81.2 Å². The van der Waals surface area contributed by atoms with Crippen LogP contribution in [0.25, 0.3) is 0 Å². The number of carbonyl (C=O) groups excluding carboxylic acids is 1. The van der Waals surface area contributed by atoms with Crippen molar-refractivity contribution in [3.8, 4) is 0 Å². The van der Waals surface area contributed by atoms with Gasteiger partial charge in [-0.2, -0.15) is 0 Å². The van der Waals surface area contributed by atoms with E-state index in [1.165, 1.54) is 11.8 Å². The summed E-state index contributed by atoms with van der Waals surface area (Å²) in [7, 11) is 0. The number of hydrogen-bond acceptors (Lipinski definition) is 4. The van der Waals surface area contributed by atoms with E-state index in [0.717, 1.165) is 0 Å². The molecule has 0 aliphatic carbocycles. The van der Waals surface area contributed by atoms with E-state index in [9.17, 15) is 4.79 Å². The van der Waals surface area contributed by atoms with Crippen LogP contribution in [0, 0.1) is 5.92 Å². The fourth-order valence-electron chi connectivity index (χ4n) is 2.07. The normalized spacial score (nSPS) is 13.9. The second kappa shape index (κ2) is 7.22. The summed E-state index contributed by atoms with van der Waals surface area (Å²) in [6.45, 7) is 6.58. The molecule has 0 bridgehead atoms. The highest BCUT2D eigenvalue weighted by molar-refractivity contribution is 5.91. The Hall–Kier alpha value is -2.14. The summed E-state index contributed by atoms with van der Waals surface area (Å²) in [6.07, 6.45) is 1.36. The minimum atomic E-state index is -0.301. The molecule has 0 aliphatic rings. The number of nitrogens with one attached hydrogen (secondary N) is 1. The molecule has 0 fully saturated rings. The lowest BCUT2D eigenvalue weighted by atomic mass is 10.0. The van der Waals surface area contributed by atoms with E-state index in [-0.39, 0.29) is 29.5 Å². The number of oxazole rings is 1. The van der Waals surface area contributed by atoms with Crippen molar-refractivity contribution in [1.82, 2.24) is 10.3 Å². The van der Waals surface area contributed by atoms with Gasteiger partial charge in [-0.15, -0.1) is 0 Å². The third kappa shape index (κ3) is 3.95. The van der Waals surface area contributed by atoms with Crippen LogP contribution in [0.3, 0.4) is 0 Å².